The van der Waals surface area contributed by atoms with Crippen molar-refractivity contribution in [2.75, 3.05) is 47.0 Å². The first kappa shape index (κ1) is 27.8. The number of nitro benzene ring substituents is 1. The summed E-state index contributed by atoms with van der Waals surface area (Å²) in [5, 5.41) is 24.4. The molecule has 0 amide bonds. The van der Waals surface area contributed by atoms with Gasteiger partial charge in [0.2, 0.25) is 17.8 Å². The molecule has 43 heavy (non-hydrogen) atoms. The highest BCUT2D eigenvalue weighted by Gasteiger charge is 2.21. The summed E-state index contributed by atoms with van der Waals surface area (Å²) in [4.78, 5) is 34.1. The molecule has 2 aliphatic rings. The fourth-order valence-corrected chi connectivity index (χ4v) is 5.55. The number of nitrogens with zero attached hydrogens (tertiary/aromatic N) is 8. The Morgan fingerprint density at radius 1 is 0.814 bits per heavy atom. The number of non-ortho nitro benzene ring substituents is 1. The molecule has 0 saturated carbocycles. The Bertz CT molecular complexity index is 1640. The zero-order valence-corrected chi connectivity index (χ0v) is 23.7. The van der Waals surface area contributed by atoms with Crippen LogP contribution in [0.4, 0.5) is 34.9 Å². The van der Waals surface area contributed by atoms with E-state index in [0.717, 1.165) is 63.1 Å². The van der Waals surface area contributed by atoms with Gasteiger partial charge in [-0.05, 0) is 62.3 Å². The standard InChI is InChI=1S/C31H32N10O2/c32-20-27-28(33)25(19-26(35-27)22-8-7-9-24(18-22)41(42)43)21-10-12-23(13-11-21)34-29-36-30(39-14-3-1-4-15-39)38-31(37-29)40-16-5-2-6-17-40/h7-13,18-19H,1-6,14-17,33H2,(H,34,36,37,38). The van der Waals surface area contributed by atoms with Crippen LogP contribution in [-0.4, -0.2) is 51.0 Å². The van der Waals surface area contributed by atoms with E-state index >= 15 is 0 Å². The number of nitro groups is 1. The number of anilines is 5. The van der Waals surface area contributed by atoms with E-state index in [1.54, 1.807) is 18.2 Å². The molecule has 0 radical (unpaired) electrons. The Kier molecular flexibility index (Phi) is 7.95. The number of benzene rings is 2. The second-order valence-electron chi connectivity index (χ2n) is 10.8. The summed E-state index contributed by atoms with van der Waals surface area (Å²) in [7, 11) is 0. The fourth-order valence-electron chi connectivity index (χ4n) is 5.55. The van der Waals surface area contributed by atoms with E-state index in [4.69, 9.17) is 20.7 Å². The Morgan fingerprint density at radius 2 is 1.44 bits per heavy atom. The van der Waals surface area contributed by atoms with Gasteiger partial charge >= 0.3 is 0 Å². The minimum absolute atomic E-state index is 0.0573. The highest BCUT2D eigenvalue weighted by Crippen LogP contribution is 2.34. The highest BCUT2D eigenvalue weighted by molar-refractivity contribution is 5.84. The van der Waals surface area contributed by atoms with Gasteiger partial charge in [-0.1, -0.05) is 24.3 Å². The molecule has 2 aliphatic heterocycles. The number of nitrogens with one attached hydrogen (secondary N) is 1. The third-order valence-electron chi connectivity index (χ3n) is 7.86. The molecule has 0 unspecified atom stereocenters. The van der Waals surface area contributed by atoms with Crippen LogP contribution < -0.4 is 20.9 Å². The predicted molar refractivity (Wildman–Crippen MR) is 166 cm³/mol. The van der Waals surface area contributed by atoms with Crippen LogP contribution in [0.5, 0.6) is 0 Å². The molecule has 4 heterocycles. The van der Waals surface area contributed by atoms with Gasteiger partial charge in [-0.2, -0.15) is 20.2 Å². The van der Waals surface area contributed by atoms with E-state index < -0.39 is 4.92 Å². The first-order valence-corrected chi connectivity index (χ1v) is 14.6. The van der Waals surface area contributed by atoms with Crippen molar-refractivity contribution in [3.8, 4) is 28.5 Å². The van der Waals surface area contributed by atoms with E-state index in [2.05, 4.69) is 20.1 Å². The maximum absolute atomic E-state index is 11.3. The number of nitrogen functional groups attached to an aromatic ring is 1. The van der Waals surface area contributed by atoms with Gasteiger partial charge in [0, 0.05) is 55.1 Å². The van der Waals surface area contributed by atoms with Gasteiger partial charge in [-0.25, -0.2) is 4.98 Å². The number of nitriles is 1. The molecule has 6 rings (SSSR count). The van der Waals surface area contributed by atoms with Gasteiger partial charge in [-0.15, -0.1) is 0 Å². The van der Waals surface area contributed by atoms with E-state index in [-0.39, 0.29) is 17.1 Å². The second kappa shape index (κ2) is 12.3. The van der Waals surface area contributed by atoms with E-state index in [0.29, 0.717) is 34.7 Å². The molecule has 2 fully saturated rings. The summed E-state index contributed by atoms with van der Waals surface area (Å²) >= 11 is 0. The molecule has 0 atom stereocenters. The molecule has 218 valence electrons. The lowest BCUT2D eigenvalue weighted by Gasteiger charge is -2.30. The molecular formula is C31H32N10O2. The molecule has 2 aromatic heterocycles. The smallest absolute Gasteiger partial charge is 0.270 e. The number of hydrogen-bond acceptors (Lipinski definition) is 11. The lowest BCUT2D eigenvalue weighted by Crippen LogP contribution is -2.34. The number of rotatable bonds is 7. The normalized spacial score (nSPS) is 15.1. The third kappa shape index (κ3) is 6.16. The fraction of sp³-hybridized carbons (Fsp3) is 0.323. The summed E-state index contributed by atoms with van der Waals surface area (Å²) in [6.07, 6.45) is 6.96. The lowest BCUT2D eigenvalue weighted by atomic mass is 10.00. The first-order chi connectivity index (χ1) is 21.0. The van der Waals surface area contributed by atoms with E-state index in [9.17, 15) is 15.4 Å². The predicted octanol–water partition coefficient (Wildman–Crippen LogP) is 5.69. The number of aromatic nitrogens is 4. The Hall–Kier alpha value is -5.31. The molecule has 0 spiro atoms. The van der Waals surface area contributed by atoms with Crippen LogP contribution in [0.3, 0.4) is 0 Å². The van der Waals surface area contributed by atoms with Crippen molar-refractivity contribution in [3.05, 3.63) is 70.4 Å². The van der Waals surface area contributed by atoms with Crippen LogP contribution in [0.25, 0.3) is 22.4 Å². The molecule has 2 aromatic carbocycles. The summed E-state index contributed by atoms with van der Waals surface area (Å²) in [5.41, 5.74) is 9.70. The van der Waals surface area contributed by atoms with Crippen molar-refractivity contribution in [2.45, 2.75) is 38.5 Å². The van der Waals surface area contributed by atoms with Gasteiger partial charge in [0.15, 0.2) is 5.69 Å². The minimum atomic E-state index is -0.462. The van der Waals surface area contributed by atoms with Crippen molar-refractivity contribution in [2.24, 2.45) is 0 Å². The number of pyridine rings is 1. The molecule has 0 bridgehead atoms. The van der Waals surface area contributed by atoms with Gasteiger partial charge < -0.3 is 20.9 Å². The van der Waals surface area contributed by atoms with Crippen LogP contribution in [0.15, 0.2) is 54.6 Å². The van der Waals surface area contributed by atoms with E-state index in [1.165, 1.54) is 25.0 Å². The topological polar surface area (TPSA) is 163 Å². The Morgan fingerprint density at radius 3 is 2.02 bits per heavy atom. The maximum Gasteiger partial charge on any atom is 0.270 e. The molecule has 4 aromatic rings. The van der Waals surface area contributed by atoms with E-state index in [1.807, 2.05) is 30.3 Å². The monoisotopic (exact) mass is 576 g/mol. The lowest BCUT2D eigenvalue weighted by molar-refractivity contribution is -0.384. The quantitative estimate of drug-likeness (QED) is 0.205. The molecule has 2 saturated heterocycles. The van der Waals surface area contributed by atoms with Gasteiger partial charge in [0.25, 0.3) is 5.69 Å². The SMILES string of the molecule is N#Cc1nc(-c2cccc([N+](=O)[O-])c2)cc(-c2ccc(Nc3nc(N4CCCCC4)nc(N4CCCCC4)n3)cc2)c1N. The van der Waals surface area contributed by atoms with Gasteiger partial charge in [-0.3, -0.25) is 10.1 Å². The molecule has 12 nitrogen and oxygen atoms in total. The zero-order chi connectivity index (χ0) is 29.8. The number of piperidine rings is 2. The summed E-state index contributed by atoms with van der Waals surface area (Å²) in [6, 6.07) is 17.5. The van der Waals surface area contributed by atoms with Crippen molar-refractivity contribution in [1.82, 2.24) is 19.9 Å². The highest BCUT2D eigenvalue weighted by atomic mass is 16.6. The van der Waals surface area contributed by atoms with Crippen molar-refractivity contribution in [1.29, 1.82) is 5.26 Å². The van der Waals surface area contributed by atoms with Gasteiger partial charge in [0.05, 0.1) is 16.3 Å². The van der Waals surface area contributed by atoms with Crippen LogP contribution in [0.1, 0.15) is 44.2 Å². The van der Waals surface area contributed by atoms with Crippen molar-refractivity contribution in [3.63, 3.8) is 0 Å². The van der Waals surface area contributed by atoms with Crippen LogP contribution in [0, 0.1) is 21.4 Å². The number of nitrogens with two attached hydrogens (primary N) is 1. The molecular weight excluding hydrogens is 544 g/mol. The summed E-state index contributed by atoms with van der Waals surface area (Å²) in [5.74, 6) is 1.90. The van der Waals surface area contributed by atoms with Crippen molar-refractivity contribution >= 4 is 34.9 Å². The first-order valence-electron chi connectivity index (χ1n) is 14.6. The third-order valence-corrected chi connectivity index (χ3v) is 7.86. The average Bonchev–Trinajstić information content (AvgIpc) is 3.06. The zero-order valence-electron chi connectivity index (χ0n) is 23.7. The summed E-state index contributed by atoms with van der Waals surface area (Å²) in [6.45, 7) is 3.75. The largest absolute Gasteiger partial charge is 0.396 e. The average molecular weight is 577 g/mol. The Labute approximate surface area is 249 Å². The van der Waals surface area contributed by atoms with Crippen LogP contribution in [-0.2, 0) is 0 Å². The maximum atomic E-state index is 11.3. The number of hydrogen-bond donors (Lipinski definition) is 2. The minimum Gasteiger partial charge on any atom is -0.396 e. The molecule has 3 N–H and O–H groups in total. The van der Waals surface area contributed by atoms with Gasteiger partial charge in [0.1, 0.15) is 6.07 Å². The Balaban J connectivity index is 1.30. The van der Waals surface area contributed by atoms with Crippen LogP contribution in [0.2, 0.25) is 0 Å². The second-order valence-corrected chi connectivity index (χ2v) is 10.8. The summed E-state index contributed by atoms with van der Waals surface area (Å²) < 4.78 is 0. The van der Waals surface area contributed by atoms with Crippen molar-refractivity contribution < 1.29 is 4.92 Å². The molecule has 12 heteroatoms. The molecule has 0 aliphatic carbocycles. The van der Waals surface area contributed by atoms with Crippen LogP contribution >= 0.6 is 0 Å².